The monoisotopic (exact) mass is 632 g/mol. The van der Waals surface area contributed by atoms with Crippen molar-refractivity contribution in [1.29, 1.82) is 0 Å². The van der Waals surface area contributed by atoms with Gasteiger partial charge < -0.3 is 4.74 Å². The van der Waals surface area contributed by atoms with Crippen LogP contribution in [0.15, 0.2) is 21.8 Å². The van der Waals surface area contributed by atoms with Crippen molar-refractivity contribution in [3.05, 3.63) is 21.8 Å². The van der Waals surface area contributed by atoms with Crippen LogP contribution in [-0.4, -0.2) is 17.9 Å². The second-order valence-corrected chi connectivity index (χ2v) is 11.7. The summed E-state index contributed by atoms with van der Waals surface area (Å²) in [5, 5.41) is 0. The standard InChI is InChI=1S/C10H6Br6O2/c1-2-18-7(17)4-3-8(13)5(11)6(12)9(4,14)10(8,15)16/h2,4H,1,3H2. The van der Waals surface area contributed by atoms with E-state index < -0.39 is 11.9 Å². The number of halogens is 6. The lowest BCUT2D eigenvalue weighted by atomic mass is 9.93. The van der Waals surface area contributed by atoms with Crippen molar-refractivity contribution in [2.75, 3.05) is 0 Å². The van der Waals surface area contributed by atoms with Gasteiger partial charge in [-0.25, -0.2) is 0 Å². The number of rotatable bonds is 2. The third-order valence-corrected chi connectivity index (χ3v) is 14.5. The van der Waals surface area contributed by atoms with E-state index in [-0.39, 0.29) is 11.9 Å². The smallest absolute Gasteiger partial charge is 0.315 e. The Morgan fingerprint density at radius 1 is 1.28 bits per heavy atom. The van der Waals surface area contributed by atoms with Gasteiger partial charge in [-0.05, 0) is 6.42 Å². The number of allylic oxidation sites excluding steroid dienone is 2. The molecule has 2 rings (SSSR count). The largest absolute Gasteiger partial charge is 0.435 e. The first-order valence-electron chi connectivity index (χ1n) is 4.78. The summed E-state index contributed by atoms with van der Waals surface area (Å²) in [6.45, 7) is 3.42. The van der Waals surface area contributed by atoms with E-state index >= 15 is 0 Å². The third-order valence-electron chi connectivity index (χ3n) is 3.26. The Hall–Kier alpha value is 1.83. The van der Waals surface area contributed by atoms with Crippen molar-refractivity contribution in [1.82, 2.24) is 0 Å². The fourth-order valence-corrected chi connectivity index (χ4v) is 9.26. The molecule has 3 unspecified atom stereocenters. The number of carbonyl (C=O) groups is 1. The molecule has 8 heteroatoms. The van der Waals surface area contributed by atoms with Crippen LogP contribution in [0.2, 0.25) is 0 Å². The molecule has 0 aromatic heterocycles. The van der Waals surface area contributed by atoms with Crippen molar-refractivity contribution in [3.63, 3.8) is 0 Å². The van der Waals surface area contributed by atoms with Gasteiger partial charge in [-0.3, -0.25) is 4.79 Å². The van der Waals surface area contributed by atoms with Crippen LogP contribution in [0.1, 0.15) is 6.42 Å². The van der Waals surface area contributed by atoms with Crippen molar-refractivity contribution in [2.45, 2.75) is 18.3 Å². The molecular weight excluding hydrogens is 632 g/mol. The molecule has 100 valence electrons. The second-order valence-electron chi connectivity index (χ2n) is 4.08. The van der Waals surface area contributed by atoms with Gasteiger partial charge in [-0.1, -0.05) is 102 Å². The molecule has 1 saturated carbocycles. The Bertz CT molecular complexity index is 473. The van der Waals surface area contributed by atoms with Crippen LogP contribution in [0.4, 0.5) is 0 Å². The van der Waals surface area contributed by atoms with Crippen LogP contribution < -0.4 is 0 Å². The Kier molecular flexibility index (Phi) is 4.44. The van der Waals surface area contributed by atoms with Crippen LogP contribution >= 0.6 is 95.6 Å². The minimum absolute atomic E-state index is 0.316. The zero-order chi connectivity index (χ0) is 13.9. The summed E-state index contributed by atoms with van der Waals surface area (Å²) < 4.78 is 5.15. The molecule has 0 spiro atoms. The minimum Gasteiger partial charge on any atom is -0.435 e. The van der Waals surface area contributed by atoms with E-state index in [1.165, 1.54) is 0 Å². The fraction of sp³-hybridized carbons (Fsp3) is 0.500. The third kappa shape index (κ3) is 1.74. The topological polar surface area (TPSA) is 26.3 Å². The number of hydrogen-bond acceptors (Lipinski definition) is 2. The van der Waals surface area contributed by atoms with Gasteiger partial charge in [0.15, 0.2) is 0 Å². The zero-order valence-electron chi connectivity index (χ0n) is 8.65. The van der Waals surface area contributed by atoms with Crippen LogP contribution in [0.3, 0.4) is 0 Å². The Labute approximate surface area is 155 Å². The van der Waals surface area contributed by atoms with Crippen LogP contribution in [0.5, 0.6) is 0 Å². The molecule has 3 atom stereocenters. The molecule has 1 fully saturated rings. The lowest BCUT2D eigenvalue weighted by molar-refractivity contribution is -0.142. The number of alkyl halides is 4. The highest BCUT2D eigenvalue weighted by Gasteiger charge is 2.77. The van der Waals surface area contributed by atoms with Crippen molar-refractivity contribution in [2.24, 2.45) is 5.92 Å². The molecule has 0 aliphatic heterocycles. The van der Waals surface area contributed by atoms with Crippen molar-refractivity contribution >= 4 is 102 Å². The molecule has 2 nitrogen and oxygen atoms in total. The van der Waals surface area contributed by atoms with Gasteiger partial charge in [0.05, 0.1) is 20.8 Å². The summed E-state index contributed by atoms with van der Waals surface area (Å²) in [5.74, 6) is -0.673. The molecule has 0 aromatic rings. The average molecular weight is 638 g/mol. The maximum absolute atomic E-state index is 12.1. The predicted octanol–water partition coefficient (Wildman–Crippen LogP) is 5.46. The minimum atomic E-state index is -0.636. The first kappa shape index (κ1) is 16.2. The van der Waals surface area contributed by atoms with Gasteiger partial charge in [-0.15, -0.1) is 0 Å². The number of fused-ring (bicyclic) bond motifs is 2. The van der Waals surface area contributed by atoms with Gasteiger partial charge in [0.2, 0.25) is 0 Å². The summed E-state index contributed by atoms with van der Waals surface area (Å²) in [7, 11) is 0. The van der Waals surface area contributed by atoms with Gasteiger partial charge in [-0.2, -0.15) is 0 Å². The quantitative estimate of drug-likeness (QED) is 0.229. The van der Waals surface area contributed by atoms with E-state index in [1.54, 1.807) is 0 Å². The first-order chi connectivity index (χ1) is 8.14. The summed E-state index contributed by atoms with van der Waals surface area (Å²) in [4.78, 5) is 12.1. The molecule has 0 aromatic carbocycles. The Balaban J connectivity index is 2.56. The summed E-state index contributed by atoms with van der Waals surface area (Å²) in [6, 6.07) is 0. The highest BCUT2D eigenvalue weighted by molar-refractivity contribution is 9.27. The maximum atomic E-state index is 12.1. The SMILES string of the molecule is C=COC(=O)C1CC2(Br)C(Br)=C(Br)C1(Br)C2(Br)Br. The van der Waals surface area contributed by atoms with Gasteiger partial charge in [0, 0.05) is 8.96 Å². The van der Waals surface area contributed by atoms with Gasteiger partial charge in [0.1, 0.15) is 3.23 Å². The lowest BCUT2D eigenvalue weighted by Gasteiger charge is -2.34. The predicted molar refractivity (Wildman–Crippen MR) is 93.2 cm³/mol. The average Bonchev–Trinajstić information content (AvgIpc) is 2.51. The van der Waals surface area contributed by atoms with Crippen molar-refractivity contribution < 1.29 is 9.53 Å². The lowest BCUT2D eigenvalue weighted by Crippen LogP contribution is -2.44. The Morgan fingerprint density at radius 3 is 2.22 bits per heavy atom. The van der Waals surface area contributed by atoms with E-state index in [2.05, 4.69) is 102 Å². The highest BCUT2D eigenvalue weighted by Crippen LogP contribution is 2.77. The molecule has 0 N–H and O–H groups in total. The Morgan fingerprint density at radius 2 is 1.83 bits per heavy atom. The molecule has 0 radical (unpaired) electrons. The molecule has 0 saturated heterocycles. The van der Waals surface area contributed by atoms with Crippen LogP contribution in [-0.2, 0) is 9.53 Å². The zero-order valence-corrected chi connectivity index (χ0v) is 18.2. The van der Waals surface area contributed by atoms with E-state index in [9.17, 15) is 4.79 Å². The summed E-state index contributed by atoms with van der Waals surface area (Å²) >= 11 is 21.9. The van der Waals surface area contributed by atoms with E-state index in [0.29, 0.717) is 6.42 Å². The van der Waals surface area contributed by atoms with E-state index in [4.69, 9.17) is 4.74 Å². The van der Waals surface area contributed by atoms with Crippen LogP contribution in [0.25, 0.3) is 0 Å². The molecule has 18 heavy (non-hydrogen) atoms. The van der Waals surface area contributed by atoms with Crippen LogP contribution in [0, 0.1) is 5.92 Å². The van der Waals surface area contributed by atoms with Crippen molar-refractivity contribution in [3.8, 4) is 0 Å². The maximum Gasteiger partial charge on any atom is 0.315 e. The fourth-order valence-electron chi connectivity index (χ4n) is 2.32. The molecule has 2 aliphatic rings. The molecular formula is C10H6Br6O2. The van der Waals surface area contributed by atoms with Gasteiger partial charge >= 0.3 is 5.97 Å². The number of esters is 1. The molecule has 0 amide bonds. The first-order valence-corrected chi connectivity index (χ1v) is 9.53. The molecule has 2 bridgehead atoms. The molecule has 2 aliphatic carbocycles. The number of ether oxygens (including phenoxy) is 1. The van der Waals surface area contributed by atoms with Gasteiger partial charge in [0.25, 0.3) is 0 Å². The summed E-state index contributed by atoms with van der Waals surface area (Å²) in [6.07, 6.45) is 1.74. The second kappa shape index (κ2) is 4.93. The highest BCUT2D eigenvalue weighted by atomic mass is 79.9. The summed E-state index contributed by atoms with van der Waals surface area (Å²) in [5.41, 5.74) is 0. The number of carbonyl (C=O) groups excluding carboxylic acids is 1. The molecule has 0 heterocycles. The van der Waals surface area contributed by atoms with E-state index in [1.807, 2.05) is 0 Å². The normalized spacial score (nSPS) is 41.1. The van der Waals surface area contributed by atoms with E-state index in [0.717, 1.165) is 15.2 Å². The number of hydrogen-bond donors (Lipinski definition) is 0.